The molecule has 0 bridgehead atoms. The second-order valence-electron chi connectivity index (χ2n) is 4.75. The highest BCUT2D eigenvalue weighted by atomic mass is 16.4. The number of hydrogen-bond donors (Lipinski definition) is 1. The molecule has 2 amide bonds. The molecule has 7 heteroatoms. The lowest BCUT2D eigenvalue weighted by molar-refractivity contribution is -0.129. The summed E-state index contributed by atoms with van der Waals surface area (Å²) in [7, 11) is 3.24. The van der Waals surface area contributed by atoms with Gasteiger partial charge in [0, 0.05) is 26.8 Å². The second-order valence-corrected chi connectivity index (χ2v) is 4.75. The Labute approximate surface area is 123 Å². The highest BCUT2D eigenvalue weighted by Gasteiger charge is 2.20. The summed E-state index contributed by atoms with van der Waals surface area (Å²) in [6.07, 6.45) is 1.84. The van der Waals surface area contributed by atoms with Gasteiger partial charge in [-0.3, -0.25) is 14.6 Å². The molecule has 0 fully saturated rings. The summed E-state index contributed by atoms with van der Waals surface area (Å²) in [6.45, 7) is 2.31. The highest BCUT2D eigenvalue weighted by Crippen LogP contribution is 2.06. The van der Waals surface area contributed by atoms with Crippen LogP contribution in [0, 0.1) is 0 Å². The predicted molar refractivity (Wildman–Crippen MR) is 76.1 cm³/mol. The van der Waals surface area contributed by atoms with E-state index >= 15 is 0 Å². The van der Waals surface area contributed by atoms with Gasteiger partial charge in [0.25, 0.3) is 5.91 Å². The Hall–Kier alpha value is -2.44. The van der Waals surface area contributed by atoms with Crippen LogP contribution < -0.4 is 0 Å². The minimum Gasteiger partial charge on any atom is -0.478 e. The molecule has 114 valence electrons. The molecule has 1 N–H and O–H groups in total. The van der Waals surface area contributed by atoms with Gasteiger partial charge in [-0.25, -0.2) is 4.79 Å². The quantitative estimate of drug-likeness (QED) is 0.834. The van der Waals surface area contributed by atoms with E-state index in [1.54, 1.807) is 14.1 Å². The monoisotopic (exact) mass is 293 g/mol. The fourth-order valence-corrected chi connectivity index (χ4v) is 1.64. The standard InChI is InChI=1S/C14H19N3O4/c1-4-7-17(9-12(18)16(2)3)13(19)11-6-5-10(8-15-11)14(20)21/h5-6,8H,4,7,9H2,1-3H3,(H,20,21). The predicted octanol–water partition coefficient (Wildman–Crippen LogP) is 0.720. The topological polar surface area (TPSA) is 90.8 Å². The van der Waals surface area contributed by atoms with Crippen molar-refractivity contribution in [3.05, 3.63) is 29.6 Å². The molecule has 1 aromatic rings. The minimum atomic E-state index is -1.10. The van der Waals surface area contributed by atoms with Crippen molar-refractivity contribution in [1.82, 2.24) is 14.8 Å². The van der Waals surface area contributed by atoms with Crippen LogP contribution in [0.15, 0.2) is 18.3 Å². The van der Waals surface area contributed by atoms with E-state index in [4.69, 9.17) is 5.11 Å². The number of rotatable bonds is 6. The van der Waals surface area contributed by atoms with E-state index < -0.39 is 5.97 Å². The Morgan fingerprint density at radius 1 is 1.24 bits per heavy atom. The van der Waals surface area contributed by atoms with E-state index in [0.29, 0.717) is 13.0 Å². The summed E-state index contributed by atoms with van der Waals surface area (Å²) in [5.41, 5.74) is 0.137. The second kappa shape index (κ2) is 7.37. The first-order chi connectivity index (χ1) is 9.86. The largest absolute Gasteiger partial charge is 0.478 e. The molecule has 7 nitrogen and oxygen atoms in total. The molecule has 21 heavy (non-hydrogen) atoms. The smallest absolute Gasteiger partial charge is 0.337 e. The first-order valence-corrected chi connectivity index (χ1v) is 6.55. The molecule has 0 aliphatic carbocycles. The Bertz CT molecular complexity index is 526. The number of nitrogens with zero attached hydrogens (tertiary/aromatic N) is 3. The van der Waals surface area contributed by atoms with Crippen molar-refractivity contribution in [3.63, 3.8) is 0 Å². The van der Waals surface area contributed by atoms with E-state index in [1.165, 1.54) is 21.9 Å². The summed E-state index contributed by atoms with van der Waals surface area (Å²) in [6, 6.07) is 2.68. The third-order valence-electron chi connectivity index (χ3n) is 2.84. The Balaban J connectivity index is 2.89. The van der Waals surface area contributed by atoms with E-state index in [9.17, 15) is 14.4 Å². The lowest BCUT2D eigenvalue weighted by Crippen LogP contribution is -2.41. The van der Waals surface area contributed by atoms with Gasteiger partial charge in [0.2, 0.25) is 5.91 Å². The lowest BCUT2D eigenvalue weighted by Gasteiger charge is -2.23. The fourth-order valence-electron chi connectivity index (χ4n) is 1.64. The van der Waals surface area contributed by atoms with Crippen molar-refractivity contribution in [2.24, 2.45) is 0 Å². The maximum absolute atomic E-state index is 12.3. The van der Waals surface area contributed by atoms with Gasteiger partial charge in [0.1, 0.15) is 12.2 Å². The number of carbonyl (C=O) groups is 3. The molecule has 1 heterocycles. The van der Waals surface area contributed by atoms with Crippen LogP contribution in [0.5, 0.6) is 0 Å². The van der Waals surface area contributed by atoms with Crippen molar-refractivity contribution in [2.45, 2.75) is 13.3 Å². The van der Waals surface area contributed by atoms with Crippen molar-refractivity contribution in [1.29, 1.82) is 0 Å². The maximum atomic E-state index is 12.3. The van der Waals surface area contributed by atoms with Crippen molar-refractivity contribution in [3.8, 4) is 0 Å². The number of pyridine rings is 1. The number of carboxylic acid groups (broad SMARTS) is 1. The summed E-state index contributed by atoms with van der Waals surface area (Å²) in [5.74, 6) is -1.67. The van der Waals surface area contributed by atoms with Crippen LogP contribution in [-0.2, 0) is 4.79 Å². The molecule has 0 aliphatic rings. The van der Waals surface area contributed by atoms with Gasteiger partial charge in [0.05, 0.1) is 5.56 Å². The molecule has 0 unspecified atom stereocenters. The van der Waals surface area contributed by atoms with Gasteiger partial charge >= 0.3 is 5.97 Å². The molecule has 0 aromatic carbocycles. The van der Waals surface area contributed by atoms with E-state index in [0.717, 1.165) is 6.20 Å². The molecule has 0 saturated heterocycles. The number of hydrogen-bond acceptors (Lipinski definition) is 4. The third-order valence-corrected chi connectivity index (χ3v) is 2.84. The first kappa shape index (κ1) is 16.6. The molecular formula is C14H19N3O4. The van der Waals surface area contributed by atoms with Gasteiger partial charge in [0.15, 0.2) is 0 Å². The molecule has 1 aromatic heterocycles. The van der Waals surface area contributed by atoms with E-state index in [-0.39, 0.29) is 29.6 Å². The number of aromatic carboxylic acids is 1. The average Bonchev–Trinajstić information content (AvgIpc) is 2.45. The van der Waals surface area contributed by atoms with Crippen molar-refractivity contribution < 1.29 is 19.5 Å². The van der Waals surface area contributed by atoms with Crippen LogP contribution in [0.4, 0.5) is 0 Å². The zero-order valence-electron chi connectivity index (χ0n) is 12.4. The molecule has 1 rings (SSSR count). The summed E-state index contributed by atoms with van der Waals surface area (Å²) in [5, 5.41) is 8.80. The number of carboxylic acids is 1. The molecule has 0 saturated carbocycles. The summed E-state index contributed by atoms with van der Waals surface area (Å²) in [4.78, 5) is 41.5. The van der Waals surface area contributed by atoms with Crippen molar-refractivity contribution in [2.75, 3.05) is 27.2 Å². The zero-order valence-corrected chi connectivity index (χ0v) is 12.4. The number of aromatic nitrogens is 1. The zero-order chi connectivity index (χ0) is 16.0. The van der Waals surface area contributed by atoms with E-state index in [2.05, 4.69) is 4.98 Å². The van der Waals surface area contributed by atoms with E-state index in [1.807, 2.05) is 6.92 Å². The summed E-state index contributed by atoms with van der Waals surface area (Å²) >= 11 is 0. The van der Waals surface area contributed by atoms with Gasteiger partial charge in [-0.15, -0.1) is 0 Å². The number of amides is 2. The van der Waals surface area contributed by atoms with Crippen molar-refractivity contribution >= 4 is 17.8 Å². The number of likely N-dealkylation sites (N-methyl/N-ethyl adjacent to an activating group) is 1. The lowest BCUT2D eigenvalue weighted by atomic mass is 10.2. The van der Waals surface area contributed by atoms with Crippen LogP contribution in [-0.4, -0.2) is 64.9 Å². The average molecular weight is 293 g/mol. The Kier molecular flexibility index (Phi) is 5.83. The fraction of sp³-hybridized carbons (Fsp3) is 0.429. The molecule has 0 aliphatic heterocycles. The minimum absolute atomic E-state index is 0.0120. The van der Waals surface area contributed by atoms with Gasteiger partial charge < -0.3 is 14.9 Å². The van der Waals surface area contributed by atoms with Crippen LogP contribution in [0.2, 0.25) is 0 Å². The van der Waals surface area contributed by atoms with Gasteiger partial charge in [-0.05, 0) is 18.6 Å². The Morgan fingerprint density at radius 2 is 1.90 bits per heavy atom. The molecule has 0 radical (unpaired) electrons. The normalized spacial score (nSPS) is 10.0. The third kappa shape index (κ3) is 4.55. The first-order valence-electron chi connectivity index (χ1n) is 6.55. The molecule has 0 atom stereocenters. The number of carbonyl (C=O) groups excluding carboxylic acids is 2. The van der Waals surface area contributed by atoms with Gasteiger partial charge in [-0.2, -0.15) is 0 Å². The molecule has 0 spiro atoms. The highest BCUT2D eigenvalue weighted by molar-refractivity contribution is 5.95. The van der Waals surface area contributed by atoms with Crippen LogP contribution in [0.1, 0.15) is 34.2 Å². The Morgan fingerprint density at radius 3 is 2.33 bits per heavy atom. The summed E-state index contributed by atoms with van der Waals surface area (Å²) < 4.78 is 0. The van der Waals surface area contributed by atoms with Crippen LogP contribution in [0.25, 0.3) is 0 Å². The van der Waals surface area contributed by atoms with Crippen LogP contribution >= 0.6 is 0 Å². The van der Waals surface area contributed by atoms with Gasteiger partial charge in [-0.1, -0.05) is 6.92 Å². The molecular weight excluding hydrogens is 274 g/mol. The SMILES string of the molecule is CCCN(CC(=O)N(C)C)C(=O)c1ccc(C(=O)O)cn1. The van der Waals surface area contributed by atoms with Crippen LogP contribution in [0.3, 0.4) is 0 Å². The maximum Gasteiger partial charge on any atom is 0.337 e.